The molecule has 194 valence electrons. The molecule has 2 aromatic carbocycles. The Morgan fingerprint density at radius 2 is 2.03 bits per heavy atom. The third kappa shape index (κ3) is 5.47. The van der Waals surface area contributed by atoms with Gasteiger partial charge in [0.25, 0.3) is 0 Å². The summed E-state index contributed by atoms with van der Waals surface area (Å²) in [6.07, 6.45) is 5.19. The number of hydrogen-bond acceptors (Lipinski definition) is 7. The first-order chi connectivity index (χ1) is 18.4. The molecule has 0 radical (unpaired) electrons. The van der Waals surface area contributed by atoms with Crippen LogP contribution in [0.1, 0.15) is 20.3 Å². The Kier molecular flexibility index (Phi) is 7.28. The third-order valence-electron chi connectivity index (χ3n) is 6.55. The minimum absolute atomic E-state index is 0.00212. The summed E-state index contributed by atoms with van der Waals surface area (Å²) < 4.78 is 20.7. The number of rotatable bonds is 8. The lowest BCUT2D eigenvalue weighted by atomic mass is 10.1. The molecule has 0 spiro atoms. The molecule has 1 aliphatic rings. The van der Waals surface area contributed by atoms with Gasteiger partial charge in [-0.3, -0.25) is 14.7 Å². The van der Waals surface area contributed by atoms with E-state index in [9.17, 15) is 9.18 Å². The van der Waals surface area contributed by atoms with Crippen molar-refractivity contribution >= 4 is 34.0 Å². The van der Waals surface area contributed by atoms with Gasteiger partial charge in [0.1, 0.15) is 29.8 Å². The standard InChI is InChI=1S/C29H29FN6O2/c1-4-28(37)35-26-14-22-25(15-27(26)38-20-10-12-36(16-20)18(2)3)32-17-33-29(22)34-19-9-11-31-24(13-19)21-7-5-6-8-23(21)30/h4-9,11,13-15,17-18,20H,1,10,12,16H2,2-3H3,(H,35,37)(H,31,32,33,34). The first kappa shape index (κ1) is 25.3. The monoisotopic (exact) mass is 512 g/mol. The number of hydrogen-bond donors (Lipinski definition) is 2. The highest BCUT2D eigenvalue weighted by molar-refractivity contribution is 6.03. The van der Waals surface area contributed by atoms with Crippen molar-refractivity contribution in [2.75, 3.05) is 23.7 Å². The molecule has 1 amide bonds. The maximum Gasteiger partial charge on any atom is 0.247 e. The van der Waals surface area contributed by atoms with Gasteiger partial charge in [-0.2, -0.15) is 0 Å². The maximum absolute atomic E-state index is 14.3. The van der Waals surface area contributed by atoms with Gasteiger partial charge < -0.3 is 15.4 Å². The lowest BCUT2D eigenvalue weighted by Gasteiger charge is -2.21. The second-order valence-corrected chi connectivity index (χ2v) is 9.43. The van der Waals surface area contributed by atoms with Crippen LogP contribution in [-0.2, 0) is 4.79 Å². The molecule has 38 heavy (non-hydrogen) atoms. The summed E-state index contributed by atoms with van der Waals surface area (Å²) in [5, 5.41) is 6.82. The van der Waals surface area contributed by atoms with Crippen molar-refractivity contribution in [3.63, 3.8) is 0 Å². The van der Waals surface area contributed by atoms with E-state index in [0.29, 0.717) is 51.1 Å². The average molecular weight is 513 g/mol. The lowest BCUT2D eigenvalue weighted by molar-refractivity contribution is -0.111. The number of pyridine rings is 1. The predicted molar refractivity (Wildman–Crippen MR) is 147 cm³/mol. The molecular weight excluding hydrogens is 483 g/mol. The molecule has 1 aliphatic heterocycles. The van der Waals surface area contributed by atoms with Gasteiger partial charge in [0.05, 0.1) is 16.9 Å². The summed E-state index contributed by atoms with van der Waals surface area (Å²) in [7, 11) is 0. The highest BCUT2D eigenvalue weighted by Gasteiger charge is 2.27. The van der Waals surface area contributed by atoms with Gasteiger partial charge in [0, 0.05) is 48.0 Å². The van der Waals surface area contributed by atoms with Crippen LogP contribution in [0.3, 0.4) is 0 Å². The zero-order chi connectivity index (χ0) is 26.6. The zero-order valence-electron chi connectivity index (χ0n) is 21.3. The van der Waals surface area contributed by atoms with Crippen LogP contribution in [0.4, 0.5) is 21.6 Å². The average Bonchev–Trinajstić information content (AvgIpc) is 3.39. The van der Waals surface area contributed by atoms with Crippen LogP contribution in [0.15, 0.2) is 73.7 Å². The largest absolute Gasteiger partial charge is 0.487 e. The van der Waals surface area contributed by atoms with E-state index in [2.05, 4.69) is 50.9 Å². The number of likely N-dealkylation sites (tertiary alicyclic amines) is 1. The maximum atomic E-state index is 14.3. The van der Waals surface area contributed by atoms with Gasteiger partial charge in [-0.05, 0) is 56.7 Å². The number of nitrogens with one attached hydrogen (secondary N) is 2. The summed E-state index contributed by atoms with van der Waals surface area (Å²) in [4.78, 5) is 27.8. The predicted octanol–water partition coefficient (Wildman–Crippen LogP) is 5.56. The molecule has 0 aliphatic carbocycles. The fraction of sp³-hybridized carbons (Fsp3) is 0.241. The Morgan fingerprint density at radius 1 is 1.18 bits per heavy atom. The summed E-state index contributed by atoms with van der Waals surface area (Å²) in [6, 6.07) is 14.1. The number of carbonyl (C=O) groups is 1. The highest BCUT2D eigenvalue weighted by atomic mass is 19.1. The number of fused-ring (bicyclic) bond motifs is 1. The molecule has 0 saturated carbocycles. The number of aromatic nitrogens is 3. The summed E-state index contributed by atoms with van der Waals surface area (Å²) >= 11 is 0. The molecule has 9 heteroatoms. The van der Waals surface area contributed by atoms with E-state index in [4.69, 9.17) is 4.74 Å². The number of nitrogens with zero attached hydrogens (tertiary/aromatic N) is 4. The van der Waals surface area contributed by atoms with E-state index < -0.39 is 0 Å². The van der Waals surface area contributed by atoms with Crippen molar-refractivity contribution in [3.05, 3.63) is 79.5 Å². The molecule has 2 aromatic heterocycles. The second kappa shape index (κ2) is 10.9. The normalized spacial score (nSPS) is 15.5. The Bertz CT molecular complexity index is 1490. The fourth-order valence-electron chi connectivity index (χ4n) is 4.52. The number of benzene rings is 2. The molecule has 0 bridgehead atoms. The van der Waals surface area contributed by atoms with Gasteiger partial charge in [-0.25, -0.2) is 14.4 Å². The Hall–Kier alpha value is -4.37. The van der Waals surface area contributed by atoms with E-state index in [0.717, 1.165) is 19.5 Å². The molecule has 1 atom stereocenters. The topological polar surface area (TPSA) is 92.3 Å². The van der Waals surface area contributed by atoms with Gasteiger partial charge in [-0.1, -0.05) is 18.7 Å². The first-order valence-corrected chi connectivity index (χ1v) is 12.5. The second-order valence-electron chi connectivity index (χ2n) is 9.43. The Labute approximate surface area is 220 Å². The molecular formula is C29H29FN6O2. The molecule has 1 saturated heterocycles. The molecule has 1 fully saturated rings. The van der Waals surface area contributed by atoms with Crippen LogP contribution in [0.25, 0.3) is 22.2 Å². The van der Waals surface area contributed by atoms with Gasteiger partial charge in [0.2, 0.25) is 5.91 Å². The van der Waals surface area contributed by atoms with Crippen LogP contribution < -0.4 is 15.4 Å². The van der Waals surface area contributed by atoms with Gasteiger partial charge >= 0.3 is 0 Å². The van der Waals surface area contributed by atoms with Crippen LogP contribution in [0, 0.1) is 5.82 Å². The number of halogens is 1. The van der Waals surface area contributed by atoms with Crippen LogP contribution in [-0.4, -0.2) is 51.0 Å². The van der Waals surface area contributed by atoms with Crippen molar-refractivity contribution in [1.82, 2.24) is 19.9 Å². The van der Waals surface area contributed by atoms with E-state index >= 15 is 0 Å². The van der Waals surface area contributed by atoms with Gasteiger partial charge in [-0.15, -0.1) is 0 Å². The van der Waals surface area contributed by atoms with E-state index in [-0.39, 0.29) is 17.8 Å². The third-order valence-corrected chi connectivity index (χ3v) is 6.55. The van der Waals surface area contributed by atoms with Crippen LogP contribution in [0.2, 0.25) is 0 Å². The fourth-order valence-corrected chi connectivity index (χ4v) is 4.52. The van der Waals surface area contributed by atoms with Crippen molar-refractivity contribution in [2.24, 2.45) is 0 Å². The van der Waals surface area contributed by atoms with Crippen LogP contribution in [0.5, 0.6) is 5.75 Å². The minimum Gasteiger partial charge on any atom is -0.487 e. The van der Waals surface area contributed by atoms with Gasteiger partial charge in [0.15, 0.2) is 0 Å². The molecule has 4 aromatic rings. The summed E-state index contributed by atoms with van der Waals surface area (Å²) in [6.45, 7) is 9.67. The van der Waals surface area contributed by atoms with Crippen molar-refractivity contribution in [1.29, 1.82) is 0 Å². The molecule has 2 N–H and O–H groups in total. The Morgan fingerprint density at radius 3 is 2.79 bits per heavy atom. The SMILES string of the molecule is C=CC(=O)Nc1cc2c(Nc3ccnc(-c4ccccc4F)c3)ncnc2cc1OC1CCN(C(C)C)C1. The number of amides is 1. The highest BCUT2D eigenvalue weighted by Crippen LogP contribution is 2.35. The minimum atomic E-state index is -0.349. The number of anilines is 3. The quantitative estimate of drug-likeness (QED) is 0.299. The zero-order valence-corrected chi connectivity index (χ0v) is 21.3. The Balaban J connectivity index is 1.48. The van der Waals surface area contributed by atoms with Crippen molar-refractivity contribution in [3.8, 4) is 17.0 Å². The molecule has 8 nitrogen and oxygen atoms in total. The van der Waals surface area contributed by atoms with E-state index in [1.54, 1.807) is 42.6 Å². The first-order valence-electron chi connectivity index (χ1n) is 12.5. The summed E-state index contributed by atoms with van der Waals surface area (Å²) in [5.74, 6) is 0.366. The van der Waals surface area contributed by atoms with Crippen LogP contribution >= 0.6 is 0 Å². The number of carbonyl (C=O) groups excluding carboxylic acids is 1. The molecule has 1 unspecified atom stereocenters. The van der Waals surface area contributed by atoms with Crippen molar-refractivity contribution in [2.45, 2.75) is 32.4 Å². The lowest BCUT2D eigenvalue weighted by Crippen LogP contribution is -2.30. The number of ether oxygens (including phenoxy) is 1. The van der Waals surface area contributed by atoms with E-state index in [1.807, 2.05) is 6.07 Å². The smallest absolute Gasteiger partial charge is 0.247 e. The van der Waals surface area contributed by atoms with Crippen molar-refractivity contribution < 1.29 is 13.9 Å². The van der Waals surface area contributed by atoms with E-state index in [1.165, 1.54) is 18.5 Å². The molecule has 5 rings (SSSR count). The molecule has 3 heterocycles. The summed E-state index contributed by atoms with van der Waals surface area (Å²) in [5.41, 5.74) is 2.73.